The zero-order valence-electron chi connectivity index (χ0n) is 12.3. The molecule has 108 valence electrons. The average molecular weight is 300 g/mol. The second-order valence-electron chi connectivity index (χ2n) is 5.11. The van der Waals surface area contributed by atoms with Crippen molar-refractivity contribution < 1.29 is 4.74 Å². The molecule has 0 amide bonds. The van der Waals surface area contributed by atoms with E-state index in [2.05, 4.69) is 42.7 Å². The van der Waals surface area contributed by atoms with E-state index in [1.54, 1.807) is 0 Å². The van der Waals surface area contributed by atoms with Crippen molar-refractivity contribution >= 4 is 22.5 Å². The molecule has 1 aromatic heterocycles. The molecule has 2 aromatic carbocycles. The molecule has 21 heavy (non-hydrogen) atoms. The van der Waals surface area contributed by atoms with E-state index in [4.69, 9.17) is 16.3 Å². The van der Waals surface area contributed by atoms with Crippen molar-refractivity contribution in [1.82, 2.24) is 4.57 Å². The zero-order valence-corrected chi connectivity index (χ0v) is 13.0. The first-order valence-electron chi connectivity index (χ1n) is 7.15. The highest BCUT2D eigenvalue weighted by molar-refractivity contribution is 6.32. The second-order valence-corrected chi connectivity index (χ2v) is 5.51. The van der Waals surface area contributed by atoms with E-state index in [0.717, 1.165) is 12.3 Å². The van der Waals surface area contributed by atoms with Crippen molar-refractivity contribution in [3.8, 4) is 5.75 Å². The molecular formula is C18H18ClNO. The fourth-order valence-corrected chi connectivity index (χ4v) is 2.88. The summed E-state index contributed by atoms with van der Waals surface area (Å²) in [6, 6.07) is 16.2. The lowest BCUT2D eigenvalue weighted by molar-refractivity contribution is 0.296. The number of halogens is 1. The Morgan fingerprint density at radius 3 is 2.67 bits per heavy atom. The maximum atomic E-state index is 6.14. The molecule has 1 heterocycles. The first-order chi connectivity index (χ1) is 10.2. The summed E-state index contributed by atoms with van der Waals surface area (Å²) in [4.78, 5) is 0. The first kappa shape index (κ1) is 14.0. The van der Waals surface area contributed by atoms with Crippen LogP contribution in [0.15, 0.2) is 48.5 Å². The number of hydrogen-bond acceptors (Lipinski definition) is 1. The topological polar surface area (TPSA) is 14.2 Å². The molecule has 0 saturated carbocycles. The smallest absolute Gasteiger partial charge is 0.138 e. The van der Waals surface area contributed by atoms with Crippen LogP contribution in [0, 0.1) is 6.92 Å². The summed E-state index contributed by atoms with van der Waals surface area (Å²) < 4.78 is 8.17. The third kappa shape index (κ3) is 2.64. The van der Waals surface area contributed by atoms with Gasteiger partial charge >= 0.3 is 0 Å². The second kappa shape index (κ2) is 5.82. The Morgan fingerprint density at radius 1 is 1.10 bits per heavy atom. The number of ether oxygens (including phenoxy) is 1. The van der Waals surface area contributed by atoms with Crippen molar-refractivity contribution in [2.75, 3.05) is 0 Å². The van der Waals surface area contributed by atoms with Crippen LogP contribution in [0.25, 0.3) is 10.9 Å². The van der Waals surface area contributed by atoms with Crippen molar-refractivity contribution in [3.63, 3.8) is 0 Å². The highest BCUT2D eigenvalue weighted by Crippen LogP contribution is 2.27. The lowest BCUT2D eigenvalue weighted by Crippen LogP contribution is -2.04. The van der Waals surface area contributed by atoms with Crippen LogP contribution in [-0.4, -0.2) is 4.57 Å². The van der Waals surface area contributed by atoms with Crippen molar-refractivity contribution in [1.29, 1.82) is 0 Å². The quantitative estimate of drug-likeness (QED) is 0.645. The third-order valence-corrected chi connectivity index (χ3v) is 4.09. The molecule has 0 saturated heterocycles. The van der Waals surface area contributed by atoms with Gasteiger partial charge in [0.1, 0.15) is 12.4 Å². The van der Waals surface area contributed by atoms with Gasteiger partial charge in [-0.25, -0.2) is 0 Å². The third-order valence-electron chi connectivity index (χ3n) is 3.78. The molecule has 0 N–H and O–H groups in total. The van der Waals surface area contributed by atoms with Crippen molar-refractivity contribution in [3.05, 3.63) is 64.8 Å². The predicted molar refractivity (Wildman–Crippen MR) is 88.1 cm³/mol. The summed E-state index contributed by atoms with van der Waals surface area (Å²) in [5, 5.41) is 1.94. The van der Waals surface area contributed by atoms with E-state index < -0.39 is 0 Å². The van der Waals surface area contributed by atoms with Crippen LogP contribution in [0.4, 0.5) is 0 Å². The molecule has 0 bridgehead atoms. The molecule has 3 aromatic rings. The van der Waals surface area contributed by atoms with E-state index in [0.29, 0.717) is 11.6 Å². The molecule has 2 nitrogen and oxygen atoms in total. The van der Waals surface area contributed by atoms with Gasteiger partial charge in [0.25, 0.3) is 0 Å². The predicted octanol–water partition coefficient (Wildman–Crippen LogP) is 5.20. The molecule has 0 spiro atoms. The molecule has 0 unspecified atom stereocenters. The number of hydrogen-bond donors (Lipinski definition) is 0. The van der Waals surface area contributed by atoms with Gasteiger partial charge in [-0.1, -0.05) is 35.9 Å². The molecule has 0 aliphatic carbocycles. The highest BCUT2D eigenvalue weighted by atomic mass is 35.5. The number of aromatic nitrogens is 1. The minimum Gasteiger partial charge on any atom is -0.486 e. The Kier molecular flexibility index (Phi) is 3.89. The number of aryl methyl sites for hydroxylation is 2. The molecule has 3 heteroatoms. The maximum absolute atomic E-state index is 6.14. The van der Waals surface area contributed by atoms with Crippen LogP contribution in [0.5, 0.6) is 5.75 Å². The average Bonchev–Trinajstić information content (AvgIpc) is 2.85. The van der Waals surface area contributed by atoms with Gasteiger partial charge in [0, 0.05) is 17.4 Å². The Hall–Kier alpha value is -1.93. The summed E-state index contributed by atoms with van der Waals surface area (Å²) in [6.07, 6.45) is 0. The minimum absolute atomic E-state index is 0.520. The zero-order chi connectivity index (χ0) is 14.8. The fourth-order valence-electron chi connectivity index (χ4n) is 2.69. The Labute approximate surface area is 129 Å². The van der Waals surface area contributed by atoms with Crippen LogP contribution >= 0.6 is 11.6 Å². The molecule has 3 rings (SSSR count). The van der Waals surface area contributed by atoms with E-state index in [1.807, 2.05) is 24.3 Å². The van der Waals surface area contributed by atoms with Crippen LogP contribution < -0.4 is 4.74 Å². The van der Waals surface area contributed by atoms with Gasteiger partial charge in [0.15, 0.2) is 0 Å². The lowest BCUT2D eigenvalue weighted by Gasteiger charge is -2.10. The summed E-state index contributed by atoms with van der Waals surface area (Å²) in [7, 11) is 0. The van der Waals surface area contributed by atoms with E-state index in [9.17, 15) is 0 Å². The number of nitrogens with zero attached hydrogens (tertiary/aromatic N) is 1. The Morgan fingerprint density at radius 2 is 1.90 bits per heavy atom. The van der Waals surface area contributed by atoms with Gasteiger partial charge in [-0.2, -0.15) is 0 Å². The fraction of sp³-hybridized carbons (Fsp3) is 0.222. The van der Waals surface area contributed by atoms with Gasteiger partial charge in [-0.15, -0.1) is 0 Å². The van der Waals surface area contributed by atoms with Gasteiger partial charge in [0.05, 0.1) is 10.7 Å². The molecule has 0 atom stereocenters. The molecular weight excluding hydrogens is 282 g/mol. The van der Waals surface area contributed by atoms with Crippen LogP contribution in [0.2, 0.25) is 5.02 Å². The van der Waals surface area contributed by atoms with Gasteiger partial charge in [-0.05, 0) is 43.7 Å². The van der Waals surface area contributed by atoms with Crippen LogP contribution in [0.1, 0.15) is 18.2 Å². The van der Waals surface area contributed by atoms with Gasteiger partial charge in [0.2, 0.25) is 0 Å². The largest absolute Gasteiger partial charge is 0.486 e. The highest BCUT2D eigenvalue weighted by Gasteiger charge is 2.10. The number of benzene rings is 2. The molecule has 0 fully saturated rings. The standard InChI is InChI=1S/C18H18ClNO/c1-3-20-14(11-15-13(2)7-6-9-17(15)20)12-21-18-10-5-4-8-16(18)19/h4-11H,3,12H2,1-2H3. The lowest BCUT2D eigenvalue weighted by atomic mass is 10.1. The van der Waals surface area contributed by atoms with Crippen molar-refractivity contribution in [2.24, 2.45) is 0 Å². The number of para-hydroxylation sites is 1. The Balaban J connectivity index is 1.94. The summed E-state index contributed by atoms with van der Waals surface area (Å²) in [6.45, 7) is 5.74. The number of rotatable bonds is 4. The summed E-state index contributed by atoms with van der Waals surface area (Å²) in [5.41, 5.74) is 3.72. The summed E-state index contributed by atoms with van der Waals surface area (Å²) in [5.74, 6) is 0.726. The minimum atomic E-state index is 0.520. The van der Waals surface area contributed by atoms with E-state index >= 15 is 0 Å². The monoisotopic (exact) mass is 299 g/mol. The molecule has 0 radical (unpaired) electrons. The molecule has 0 aliphatic heterocycles. The van der Waals surface area contributed by atoms with Crippen LogP contribution in [-0.2, 0) is 13.2 Å². The van der Waals surface area contributed by atoms with Crippen molar-refractivity contribution in [2.45, 2.75) is 27.0 Å². The summed E-state index contributed by atoms with van der Waals surface area (Å²) >= 11 is 6.14. The van der Waals surface area contributed by atoms with E-state index in [1.165, 1.54) is 22.2 Å². The first-order valence-corrected chi connectivity index (χ1v) is 7.53. The Bertz CT molecular complexity index is 776. The number of fused-ring (bicyclic) bond motifs is 1. The maximum Gasteiger partial charge on any atom is 0.138 e. The molecule has 0 aliphatic rings. The normalized spacial score (nSPS) is 11.0. The van der Waals surface area contributed by atoms with E-state index in [-0.39, 0.29) is 0 Å². The van der Waals surface area contributed by atoms with Gasteiger partial charge in [-0.3, -0.25) is 0 Å². The van der Waals surface area contributed by atoms with Gasteiger partial charge < -0.3 is 9.30 Å². The van der Waals surface area contributed by atoms with Crippen LogP contribution in [0.3, 0.4) is 0 Å². The SMILES string of the molecule is CCn1c(COc2ccccc2Cl)cc2c(C)cccc21.